The van der Waals surface area contributed by atoms with Crippen LogP contribution in [-0.4, -0.2) is 4.98 Å². The van der Waals surface area contributed by atoms with E-state index in [-0.39, 0.29) is 0 Å². The molecule has 0 fully saturated rings. The van der Waals surface area contributed by atoms with E-state index in [1.54, 1.807) is 0 Å². The predicted octanol–water partition coefficient (Wildman–Crippen LogP) is 2.44. The van der Waals surface area contributed by atoms with Gasteiger partial charge in [0.25, 0.3) is 0 Å². The molecule has 0 unspecified atom stereocenters. The fourth-order valence-corrected chi connectivity index (χ4v) is 1.58. The summed E-state index contributed by atoms with van der Waals surface area (Å²) in [5.74, 6) is 0.481. The summed E-state index contributed by atoms with van der Waals surface area (Å²) in [6.45, 7) is 0.403. The molecule has 4 heteroatoms. The van der Waals surface area contributed by atoms with Gasteiger partial charge in [-0.05, 0) is 18.2 Å². The summed E-state index contributed by atoms with van der Waals surface area (Å²) in [6.07, 6.45) is 0. The van der Waals surface area contributed by atoms with Crippen LogP contribution in [0.4, 0.5) is 5.82 Å². The highest BCUT2D eigenvalue weighted by atomic mass is 35.5. The van der Waals surface area contributed by atoms with Crippen LogP contribution in [0.15, 0.2) is 36.4 Å². The third-order valence-electron chi connectivity index (χ3n) is 2.37. The number of pyridine rings is 1. The second kappa shape index (κ2) is 4.51. The topological polar surface area (TPSA) is 64.9 Å². The lowest BCUT2D eigenvalue weighted by molar-refractivity contribution is 1.06. The van der Waals surface area contributed by atoms with Gasteiger partial charge in [0, 0.05) is 22.7 Å². The summed E-state index contributed by atoms with van der Waals surface area (Å²) in [5, 5.41) is 0.704. The first-order chi connectivity index (χ1) is 7.70. The molecule has 0 amide bonds. The molecule has 0 spiro atoms. The number of nitrogens with zero attached hydrogens (tertiary/aromatic N) is 1. The normalized spacial score (nSPS) is 10.4. The van der Waals surface area contributed by atoms with Gasteiger partial charge >= 0.3 is 0 Å². The van der Waals surface area contributed by atoms with E-state index in [4.69, 9.17) is 23.1 Å². The molecule has 82 valence electrons. The van der Waals surface area contributed by atoms with Crippen LogP contribution >= 0.6 is 11.6 Å². The fourth-order valence-electron chi connectivity index (χ4n) is 1.46. The molecule has 4 N–H and O–H groups in total. The van der Waals surface area contributed by atoms with Crippen molar-refractivity contribution in [2.45, 2.75) is 6.54 Å². The zero-order valence-electron chi connectivity index (χ0n) is 8.65. The monoisotopic (exact) mass is 233 g/mol. The molecule has 2 rings (SSSR count). The van der Waals surface area contributed by atoms with Crippen LogP contribution in [0.25, 0.3) is 11.3 Å². The second-order valence-corrected chi connectivity index (χ2v) is 3.89. The maximum absolute atomic E-state index is 5.82. The van der Waals surface area contributed by atoms with Gasteiger partial charge in [-0.3, -0.25) is 0 Å². The van der Waals surface area contributed by atoms with E-state index in [1.165, 1.54) is 0 Å². The van der Waals surface area contributed by atoms with Crippen molar-refractivity contribution in [2.24, 2.45) is 5.73 Å². The van der Waals surface area contributed by atoms with Crippen molar-refractivity contribution < 1.29 is 0 Å². The van der Waals surface area contributed by atoms with Crippen molar-refractivity contribution in [3.63, 3.8) is 0 Å². The number of aromatic nitrogens is 1. The SMILES string of the molecule is NCc1ccc(-c2ccc(Cl)cc2)nc1N. The van der Waals surface area contributed by atoms with E-state index >= 15 is 0 Å². The van der Waals surface area contributed by atoms with E-state index in [2.05, 4.69) is 4.98 Å². The molecular weight excluding hydrogens is 222 g/mol. The first-order valence-electron chi connectivity index (χ1n) is 4.92. The van der Waals surface area contributed by atoms with Gasteiger partial charge in [-0.2, -0.15) is 0 Å². The lowest BCUT2D eigenvalue weighted by atomic mass is 10.1. The molecule has 1 aromatic heterocycles. The smallest absolute Gasteiger partial charge is 0.128 e. The Hall–Kier alpha value is -1.58. The van der Waals surface area contributed by atoms with Crippen LogP contribution in [0, 0.1) is 0 Å². The standard InChI is InChI=1S/C12H12ClN3/c13-10-4-1-8(2-5-10)11-6-3-9(7-14)12(15)16-11/h1-6H,7,14H2,(H2,15,16). The molecule has 0 saturated carbocycles. The quantitative estimate of drug-likeness (QED) is 0.838. The third kappa shape index (κ3) is 2.15. The number of hydrogen-bond acceptors (Lipinski definition) is 3. The highest BCUT2D eigenvalue weighted by Gasteiger charge is 2.03. The first kappa shape index (κ1) is 10.9. The molecule has 0 aliphatic rings. The van der Waals surface area contributed by atoms with Gasteiger partial charge in [0.15, 0.2) is 0 Å². The Balaban J connectivity index is 2.41. The largest absolute Gasteiger partial charge is 0.383 e. The van der Waals surface area contributed by atoms with Gasteiger partial charge in [-0.25, -0.2) is 4.98 Å². The molecule has 0 radical (unpaired) electrons. The van der Waals surface area contributed by atoms with Crippen molar-refractivity contribution in [3.8, 4) is 11.3 Å². The predicted molar refractivity (Wildman–Crippen MR) is 67.0 cm³/mol. The Labute approximate surface area is 99.1 Å². The Morgan fingerprint density at radius 3 is 2.31 bits per heavy atom. The average molecular weight is 234 g/mol. The maximum Gasteiger partial charge on any atom is 0.128 e. The first-order valence-corrected chi connectivity index (χ1v) is 5.30. The van der Waals surface area contributed by atoms with Gasteiger partial charge < -0.3 is 11.5 Å². The lowest BCUT2D eigenvalue weighted by Crippen LogP contribution is -2.03. The molecule has 2 aromatic rings. The number of halogens is 1. The van der Waals surface area contributed by atoms with Gasteiger partial charge in [0.1, 0.15) is 5.82 Å². The van der Waals surface area contributed by atoms with Gasteiger partial charge in [0.05, 0.1) is 5.69 Å². The van der Waals surface area contributed by atoms with Crippen LogP contribution in [0.1, 0.15) is 5.56 Å². The molecule has 1 heterocycles. The summed E-state index contributed by atoms with van der Waals surface area (Å²) < 4.78 is 0. The highest BCUT2D eigenvalue weighted by Crippen LogP contribution is 2.21. The molecule has 1 aromatic carbocycles. The Morgan fingerprint density at radius 2 is 1.75 bits per heavy atom. The highest BCUT2D eigenvalue weighted by molar-refractivity contribution is 6.30. The molecule has 0 saturated heterocycles. The van der Waals surface area contributed by atoms with Crippen molar-refractivity contribution in [2.75, 3.05) is 5.73 Å². The van der Waals surface area contributed by atoms with Crippen LogP contribution in [-0.2, 0) is 6.54 Å². The molecule has 0 atom stereocenters. The van der Waals surface area contributed by atoms with E-state index in [0.717, 1.165) is 16.8 Å². The van der Waals surface area contributed by atoms with E-state index in [0.29, 0.717) is 17.4 Å². The number of nitrogen functional groups attached to an aromatic ring is 1. The third-order valence-corrected chi connectivity index (χ3v) is 2.62. The van der Waals surface area contributed by atoms with Crippen molar-refractivity contribution in [1.29, 1.82) is 0 Å². The zero-order chi connectivity index (χ0) is 11.5. The molecule has 0 aliphatic carbocycles. The molecular formula is C12H12ClN3. The Kier molecular flexibility index (Phi) is 3.08. The molecule has 3 nitrogen and oxygen atoms in total. The minimum absolute atomic E-state index is 0.403. The van der Waals surface area contributed by atoms with Crippen molar-refractivity contribution in [1.82, 2.24) is 4.98 Å². The van der Waals surface area contributed by atoms with Gasteiger partial charge in [-0.15, -0.1) is 0 Å². The Morgan fingerprint density at radius 1 is 1.06 bits per heavy atom. The summed E-state index contributed by atoms with van der Waals surface area (Å²) in [4.78, 5) is 4.30. The molecule has 0 bridgehead atoms. The zero-order valence-corrected chi connectivity index (χ0v) is 9.41. The van der Waals surface area contributed by atoms with Crippen LogP contribution in [0.3, 0.4) is 0 Å². The number of hydrogen-bond donors (Lipinski definition) is 2. The van der Waals surface area contributed by atoms with E-state index < -0.39 is 0 Å². The second-order valence-electron chi connectivity index (χ2n) is 3.45. The summed E-state index contributed by atoms with van der Waals surface area (Å²) in [6, 6.07) is 11.3. The van der Waals surface area contributed by atoms with Gasteiger partial charge in [-0.1, -0.05) is 29.8 Å². The van der Waals surface area contributed by atoms with E-state index in [1.807, 2.05) is 36.4 Å². The van der Waals surface area contributed by atoms with Crippen LogP contribution in [0.5, 0.6) is 0 Å². The van der Waals surface area contributed by atoms with Crippen molar-refractivity contribution in [3.05, 3.63) is 47.0 Å². The van der Waals surface area contributed by atoms with Crippen LogP contribution in [0.2, 0.25) is 5.02 Å². The molecule has 0 aliphatic heterocycles. The number of nitrogens with two attached hydrogens (primary N) is 2. The minimum Gasteiger partial charge on any atom is -0.383 e. The Bertz CT molecular complexity index is 494. The average Bonchev–Trinajstić information content (AvgIpc) is 2.30. The van der Waals surface area contributed by atoms with Crippen molar-refractivity contribution >= 4 is 17.4 Å². The number of anilines is 1. The summed E-state index contributed by atoms with van der Waals surface area (Å²) in [7, 11) is 0. The molecule has 16 heavy (non-hydrogen) atoms. The number of benzene rings is 1. The number of rotatable bonds is 2. The minimum atomic E-state index is 0.403. The maximum atomic E-state index is 5.82. The van der Waals surface area contributed by atoms with E-state index in [9.17, 15) is 0 Å². The summed E-state index contributed by atoms with van der Waals surface area (Å²) >= 11 is 5.82. The lowest BCUT2D eigenvalue weighted by Gasteiger charge is -2.05. The van der Waals surface area contributed by atoms with Crippen LogP contribution < -0.4 is 11.5 Å². The summed E-state index contributed by atoms with van der Waals surface area (Å²) in [5.41, 5.74) is 14.0. The fraction of sp³-hybridized carbons (Fsp3) is 0.0833. The van der Waals surface area contributed by atoms with Gasteiger partial charge in [0.2, 0.25) is 0 Å².